The monoisotopic (exact) mass is 342 g/mol. The number of amides is 1. The second-order valence-electron chi connectivity index (χ2n) is 5.66. The third-order valence-electron chi connectivity index (χ3n) is 4.04. The second kappa shape index (κ2) is 7.01. The van der Waals surface area contributed by atoms with Gasteiger partial charge in [0.1, 0.15) is 5.82 Å². The minimum absolute atomic E-state index is 0.0306. The lowest BCUT2D eigenvalue weighted by atomic mass is 10.2. The zero-order valence-electron chi connectivity index (χ0n) is 13.7. The van der Waals surface area contributed by atoms with Crippen LogP contribution in [0.25, 0.3) is 11.2 Å². The summed E-state index contributed by atoms with van der Waals surface area (Å²) >= 11 is 5.66. The standard InChI is InChI=1S/C18H19ClN4O/c1-13-21-18-16(23(13)12-14-6-4-3-5-7-14)10-15(11-20-18)22(2)17(24)8-9-19/h3-7,10-11H,8-9,12H2,1-2H3. The Hall–Kier alpha value is -2.40. The predicted molar refractivity (Wildman–Crippen MR) is 96.6 cm³/mol. The van der Waals surface area contributed by atoms with Gasteiger partial charge < -0.3 is 9.47 Å². The highest BCUT2D eigenvalue weighted by molar-refractivity contribution is 6.19. The van der Waals surface area contributed by atoms with Gasteiger partial charge in [-0.3, -0.25) is 4.79 Å². The van der Waals surface area contributed by atoms with Crippen LogP contribution in [-0.2, 0) is 11.3 Å². The average molecular weight is 343 g/mol. The molecular formula is C18H19ClN4O. The topological polar surface area (TPSA) is 51.0 Å². The van der Waals surface area contributed by atoms with E-state index in [4.69, 9.17) is 11.6 Å². The van der Waals surface area contributed by atoms with Crippen LogP contribution < -0.4 is 4.90 Å². The number of hydrogen-bond donors (Lipinski definition) is 0. The van der Waals surface area contributed by atoms with Gasteiger partial charge in [-0.1, -0.05) is 30.3 Å². The Morgan fingerprint density at radius 3 is 2.75 bits per heavy atom. The van der Waals surface area contributed by atoms with Gasteiger partial charge in [-0.15, -0.1) is 11.6 Å². The van der Waals surface area contributed by atoms with Crippen LogP contribution in [0.5, 0.6) is 0 Å². The molecule has 0 saturated heterocycles. The maximum atomic E-state index is 12.1. The average Bonchev–Trinajstić information content (AvgIpc) is 2.90. The summed E-state index contributed by atoms with van der Waals surface area (Å²) in [7, 11) is 1.74. The summed E-state index contributed by atoms with van der Waals surface area (Å²) < 4.78 is 2.11. The number of aryl methyl sites for hydroxylation is 1. The molecule has 0 aliphatic carbocycles. The van der Waals surface area contributed by atoms with E-state index in [1.807, 2.05) is 31.2 Å². The molecule has 2 aromatic heterocycles. The predicted octanol–water partition coefficient (Wildman–Crippen LogP) is 3.38. The highest BCUT2D eigenvalue weighted by Crippen LogP contribution is 2.22. The number of imidazole rings is 1. The van der Waals surface area contributed by atoms with Crippen LogP contribution in [0.4, 0.5) is 5.69 Å². The molecule has 6 heteroatoms. The van der Waals surface area contributed by atoms with Crippen LogP contribution in [0.3, 0.4) is 0 Å². The number of anilines is 1. The van der Waals surface area contributed by atoms with Crippen molar-refractivity contribution in [1.82, 2.24) is 14.5 Å². The first-order valence-electron chi connectivity index (χ1n) is 7.79. The number of carbonyl (C=O) groups is 1. The number of benzene rings is 1. The van der Waals surface area contributed by atoms with E-state index in [0.717, 1.165) is 17.0 Å². The van der Waals surface area contributed by atoms with E-state index in [9.17, 15) is 4.79 Å². The van der Waals surface area contributed by atoms with Gasteiger partial charge in [0.2, 0.25) is 5.91 Å². The molecule has 0 spiro atoms. The van der Waals surface area contributed by atoms with Crippen molar-refractivity contribution in [3.05, 3.63) is 54.0 Å². The van der Waals surface area contributed by atoms with Gasteiger partial charge in [0.05, 0.1) is 17.4 Å². The zero-order valence-corrected chi connectivity index (χ0v) is 14.5. The molecule has 0 atom stereocenters. The number of nitrogens with zero attached hydrogens (tertiary/aromatic N) is 4. The lowest BCUT2D eigenvalue weighted by molar-refractivity contribution is -0.117. The molecule has 0 bridgehead atoms. The molecule has 5 nitrogen and oxygen atoms in total. The van der Waals surface area contributed by atoms with Crippen molar-refractivity contribution < 1.29 is 4.79 Å². The number of carbonyl (C=O) groups excluding carboxylic acids is 1. The molecule has 0 saturated carbocycles. The minimum atomic E-state index is -0.0306. The van der Waals surface area contributed by atoms with Crippen molar-refractivity contribution in [2.75, 3.05) is 17.8 Å². The van der Waals surface area contributed by atoms with Gasteiger partial charge >= 0.3 is 0 Å². The number of halogens is 1. The van der Waals surface area contributed by atoms with Crippen molar-refractivity contribution in [2.24, 2.45) is 0 Å². The van der Waals surface area contributed by atoms with Gasteiger partial charge in [-0.2, -0.15) is 0 Å². The molecule has 24 heavy (non-hydrogen) atoms. The van der Waals surface area contributed by atoms with E-state index in [1.54, 1.807) is 18.1 Å². The van der Waals surface area contributed by atoms with E-state index in [1.165, 1.54) is 5.56 Å². The summed E-state index contributed by atoms with van der Waals surface area (Å²) in [5.74, 6) is 1.18. The van der Waals surface area contributed by atoms with Crippen molar-refractivity contribution in [3.63, 3.8) is 0 Å². The summed E-state index contributed by atoms with van der Waals surface area (Å²) in [4.78, 5) is 22.6. The zero-order chi connectivity index (χ0) is 17.1. The number of hydrogen-bond acceptors (Lipinski definition) is 3. The van der Waals surface area contributed by atoms with E-state index < -0.39 is 0 Å². The smallest absolute Gasteiger partial charge is 0.227 e. The Bertz CT molecular complexity index is 860. The number of fused-ring (bicyclic) bond motifs is 1. The van der Waals surface area contributed by atoms with Gasteiger partial charge in [-0.25, -0.2) is 9.97 Å². The van der Waals surface area contributed by atoms with Crippen LogP contribution in [-0.4, -0.2) is 33.4 Å². The normalized spacial score (nSPS) is 11.0. The molecule has 0 aliphatic heterocycles. The molecule has 0 radical (unpaired) electrons. The summed E-state index contributed by atoms with van der Waals surface area (Å²) in [6.45, 7) is 2.68. The lowest BCUT2D eigenvalue weighted by Crippen LogP contribution is -2.26. The first-order chi connectivity index (χ1) is 11.6. The Labute approximate surface area is 145 Å². The number of pyridine rings is 1. The van der Waals surface area contributed by atoms with Crippen molar-refractivity contribution in [2.45, 2.75) is 19.9 Å². The summed E-state index contributed by atoms with van der Waals surface area (Å²) in [6, 6.07) is 12.2. The van der Waals surface area contributed by atoms with E-state index >= 15 is 0 Å². The summed E-state index contributed by atoms with van der Waals surface area (Å²) in [6.07, 6.45) is 1.98. The van der Waals surface area contributed by atoms with Crippen LogP contribution in [0, 0.1) is 6.92 Å². The number of aromatic nitrogens is 3. The fraction of sp³-hybridized carbons (Fsp3) is 0.278. The minimum Gasteiger partial charge on any atom is -0.322 e. The fourth-order valence-corrected chi connectivity index (χ4v) is 2.81. The van der Waals surface area contributed by atoms with Gasteiger partial charge in [0, 0.05) is 25.9 Å². The fourth-order valence-electron chi connectivity index (χ4n) is 2.65. The van der Waals surface area contributed by atoms with Crippen LogP contribution >= 0.6 is 11.6 Å². The van der Waals surface area contributed by atoms with Crippen LogP contribution in [0.2, 0.25) is 0 Å². The second-order valence-corrected chi connectivity index (χ2v) is 6.04. The molecule has 0 unspecified atom stereocenters. The molecule has 3 aromatic rings. The highest BCUT2D eigenvalue weighted by atomic mass is 35.5. The van der Waals surface area contributed by atoms with Gasteiger partial charge in [0.25, 0.3) is 0 Å². The van der Waals surface area contributed by atoms with E-state index in [2.05, 4.69) is 26.7 Å². The quantitative estimate of drug-likeness (QED) is 0.668. The molecule has 1 amide bonds. The summed E-state index contributed by atoms with van der Waals surface area (Å²) in [5.41, 5.74) is 3.54. The van der Waals surface area contributed by atoms with Gasteiger partial charge in [0.15, 0.2) is 5.65 Å². The maximum absolute atomic E-state index is 12.1. The van der Waals surface area contributed by atoms with E-state index in [-0.39, 0.29) is 5.91 Å². The van der Waals surface area contributed by atoms with Crippen molar-refractivity contribution >= 4 is 34.4 Å². The Kier molecular flexibility index (Phi) is 4.81. The third kappa shape index (κ3) is 3.26. The molecular weight excluding hydrogens is 324 g/mol. The third-order valence-corrected chi connectivity index (χ3v) is 4.22. The highest BCUT2D eigenvalue weighted by Gasteiger charge is 2.14. The largest absolute Gasteiger partial charge is 0.322 e. The molecule has 3 rings (SSSR count). The number of alkyl halides is 1. The molecule has 0 N–H and O–H groups in total. The van der Waals surface area contributed by atoms with Crippen molar-refractivity contribution in [3.8, 4) is 0 Å². The van der Waals surface area contributed by atoms with Crippen LogP contribution in [0.15, 0.2) is 42.6 Å². The van der Waals surface area contributed by atoms with Crippen molar-refractivity contribution in [1.29, 1.82) is 0 Å². The Morgan fingerprint density at radius 2 is 2.04 bits per heavy atom. The number of rotatable bonds is 5. The SMILES string of the molecule is Cc1nc2ncc(N(C)C(=O)CCCl)cc2n1Cc1ccccc1. The maximum Gasteiger partial charge on any atom is 0.227 e. The molecule has 124 valence electrons. The first kappa shape index (κ1) is 16.5. The molecule has 0 fully saturated rings. The lowest BCUT2D eigenvalue weighted by Gasteiger charge is -2.16. The van der Waals surface area contributed by atoms with Crippen LogP contribution in [0.1, 0.15) is 17.8 Å². The molecule has 1 aromatic carbocycles. The Morgan fingerprint density at radius 1 is 1.29 bits per heavy atom. The van der Waals surface area contributed by atoms with E-state index in [0.29, 0.717) is 24.5 Å². The Balaban J connectivity index is 1.99. The van der Waals surface area contributed by atoms with Gasteiger partial charge in [-0.05, 0) is 18.6 Å². The molecule has 2 heterocycles. The summed E-state index contributed by atoms with van der Waals surface area (Å²) in [5, 5.41) is 0. The molecule has 0 aliphatic rings. The first-order valence-corrected chi connectivity index (χ1v) is 8.33.